The van der Waals surface area contributed by atoms with Crippen LogP contribution in [-0.4, -0.2) is 33.3 Å². The van der Waals surface area contributed by atoms with Gasteiger partial charge in [0.05, 0.1) is 12.0 Å². The van der Waals surface area contributed by atoms with E-state index >= 15 is 0 Å². The molecule has 0 bridgehead atoms. The SMILES string of the molecule is CCn1c(SCC(=O)/C=C2/N(C)c3ccccc3C2(C)C)nnc1-c1ccco1. The van der Waals surface area contributed by atoms with Crippen molar-refractivity contribution < 1.29 is 9.21 Å². The molecule has 0 atom stereocenters. The summed E-state index contributed by atoms with van der Waals surface area (Å²) in [5.41, 5.74) is 3.19. The lowest BCUT2D eigenvalue weighted by atomic mass is 9.83. The molecule has 1 aromatic carbocycles. The minimum absolute atomic E-state index is 0.0583. The fourth-order valence-electron chi connectivity index (χ4n) is 3.86. The Morgan fingerprint density at radius 2 is 2.00 bits per heavy atom. The monoisotopic (exact) mass is 408 g/mol. The number of hydrogen-bond donors (Lipinski definition) is 0. The van der Waals surface area contributed by atoms with Gasteiger partial charge < -0.3 is 9.32 Å². The summed E-state index contributed by atoms with van der Waals surface area (Å²) >= 11 is 1.40. The van der Waals surface area contributed by atoms with E-state index in [1.165, 1.54) is 17.3 Å². The summed E-state index contributed by atoms with van der Waals surface area (Å²) in [4.78, 5) is 14.9. The van der Waals surface area contributed by atoms with Crippen molar-refractivity contribution in [1.82, 2.24) is 14.8 Å². The van der Waals surface area contributed by atoms with Crippen LogP contribution < -0.4 is 4.90 Å². The number of para-hydroxylation sites is 1. The number of likely N-dealkylation sites (N-methyl/N-ethyl adjacent to an activating group) is 1. The number of rotatable bonds is 6. The fraction of sp³-hybridized carbons (Fsp3) is 0.318. The van der Waals surface area contributed by atoms with Gasteiger partial charge in [0, 0.05) is 36.5 Å². The Morgan fingerprint density at radius 1 is 1.21 bits per heavy atom. The van der Waals surface area contributed by atoms with Crippen LogP contribution in [-0.2, 0) is 16.8 Å². The fourth-order valence-corrected chi connectivity index (χ4v) is 4.68. The molecule has 3 heterocycles. The Hall–Kier alpha value is -2.80. The summed E-state index contributed by atoms with van der Waals surface area (Å²) < 4.78 is 7.40. The number of nitrogens with zero attached hydrogens (tertiary/aromatic N) is 4. The van der Waals surface area contributed by atoms with Crippen molar-refractivity contribution in [1.29, 1.82) is 0 Å². The number of fused-ring (bicyclic) bond motifs is 1. The van der Waals surface area contributed by atoms with Crippen molar-refractivity contribution in [3.05, 3.63) is 60.0 Å². The maximum atomic E-state index is 12.8. The number of carbonyl (C=O) groups excluding carboxylic acids is 1. The van der Waals surface area contributed by atoms with E-state index in [9.17, 15) is 4.79 Å². The molecular weight excluding hydrogens is 384 g/mol. The maximum absolute atomic E-state index is 12.8. The van der Waals surface area contributed by atoms with Gasteiger partial charge in [0.2, 0.25) is 0 Å². The predicted octanol–water partition coefficient (Wildman–Crippen LogP) is 4.53. The zero-order valence-electron chi connectivity index (χ0n) is 17.0. The molecule has 150 valence electrons. The maximum Gasteiger partial charge on any atom is 0.200 e. The molecular formula is C22H24N4O2S. The lowest BCUT2D eigenvalue weighted by Gasteiger charge is -2.23. The van der Waals surface area contributed by atoms with Gasteiger partial charge in [-0.3, -0.25) is 9.36 Å². The Morgan fingerprint density at radius 3 is 2.69 bits per heavy atom. The normalized spacial score (nSPS) is 16.4. The molecule has 0 unspecified atom stereocenters. The van der Waals surface area contributed by atoms with Gasteiger partial charge in [0.25, 0.3) is 0 Å². The molecule has 1 aliphatic heterocycles. The predicted molar refractivity (Wildman–Crippen MR) is 115 cm³/mol. The average molecular weight is 409 g/mol. The first-order chi connectivity index (χ1) is 13.9. The Bertz CT molecular complexity index is 1070. The van der Waals surface area contributed by atoms with Gasteiger partial charge >= 0.3 is 0 Å². The summed E-state index contributed by atoms with van der Waals surface area (Å²) in [5.74, 6) is 1.72. The third-order valence-electron chi connectivity index (χ3n) is 5.36. The number of aromatic nitrogens is 3. The lowest BCUT2D eigenvalue weighted by Crippen LogP contribution is -2.24. The quantitative estimate of drug-likeness (QED) is 0.441. The van der Waals surface area contributed by atoms with Crippen LogP contribution in [0, 0.1) is 0 Å². The largest absolute Gasteiger partial charge is 0.461 e. The molecule has 0 saturated heterocycles. The molecule has 0 aliphatic carbocycles. The number of hydrogen-bond acceptors (Lipinski definition) is 6. The topological polar surface area (TPSA) is 64.2 Å². The highest BCUT2D eigenvalue weighted by Gasteiger charge is 2.38. The first-order valence-electron chi connectivity index (χ1n) is 9.61. The third kappa shape index (κ3) is 3.40. The van der Waals surface area contributed by atoms with Crippen LogP contribution in [0.4, 0.5) is 5.69 Å². The molecule has 0 spiro atoms. The van der Waals surface area contributed by atoms with Crippen LogP contribution in [0.15, 0.2) is 64.0 Å². The second-order valence-electron chi connectivity index (χ2n) is 7.51. The first-order valence-corrected chi connectivity index (χ1v) is 10.6. The van der Waals surface area contributed by atoms with Crippen LogP contribution in [0.2, 0.25) is 0 Å². The Labute approximate surface area is 174 Å². The van der Waals surface area contributed by atoms with Crippen molar-refractivity contribution in [3.63, 3.8) is 0 Å². The third-order valence-corrected chi connectivity index (χ3v) is 6.35. The van der Waals surface area contributed by atoms with E-state index in [0.717, 1.165) is 11.4 Å². The Balaban J connectivity index is 1.52. The van der Waals surface area contributed by atoms with E-state index < -0.39 is 0 Å². The molecule has 0 saturated carbocycles. The van der Waals surface area contributed by atoms with E-state index in [-0.39, 0.29) is 11.2 Å². The van der Waals surface area contributed by atoms with Gasteiger partial charge in [-0.15, -0.1) is 10.2 Å². The van der Waals surface area contributed by atoms with Crippen LogP contribution >= 0.6 is 11.8 Å². The second-order valence-corrected chi connectivity index (χ2v) is 8.46. The molecule has 1 aliphatic rings. The van der Waals surface area contributed by atoms with E-state index in [1.54, 1.807) is 12.3 Å². The lowest BCUT2D eigenvalue weighted by molar-refractivity contribution is -0.112. The van der Waals surface area contributed by atoms with Crippen LogP contribution in [0.25, 0.3) is 11.6 Å². The number of furan rings is 1. The van der Waals surface area contributed by atoms with Crippen molar-refractivity contribution >= 4 is 23.2 Å². The Kier molecular flexibility index (Phi) is 5.08. The number of thioether (sulfide) groups is 1. The van der Waals surface area contributed by atoms with Crippen LogP contribution in [0.1, 0.15) is 26.3 Å². The van der Waals surface area contributed by atoms with E-state index in [1.807, 2.05) is 42.8 Å². The standard InChI is InChI=1S/C22H24N4O2S/c1-5-26-20(18-11-8-12-28-18)23-24-21(26)29-14-15(27)13-19-22(2,3)16-9-6-7-10-17(16)25(19)4/h6-13H,5,14H2,1-4H3/b19-13+. The summed E-state index contributed by atoms with van der Waals surface area (Å²) in [6.45, 7) is 7.04. The highest BCUT2D eigenvalue weighted by atomic mass is 32.2. The van der Waals surface area contributed by atoms with E-state index in [2.05, 4.69) is 41.1 Å². The summed E-state index contributed by atoms with van der Waals surface area (Å²) in [5, 5.41) is 9.21. The zero-order chi connectivity index (χ0) is 20.6. The van der Waals surface area contributed by atoms with Crippen molar-refractivity contribution in [2.24, 2.45) is 0 Å². The molecule has 0 radical (unpaired) electrons. The second kappa shape index (κ2) is 7.55. The average Bonchev–Trinajstić information content (AvgIpc) is 3.42. The number of benzene rings is 1. The van der Waals surface area contributed by atoms with Gasteiger partial charge in [-0.1, -0.05) is 43.8 Å². The highest BCUT2D eigenvalue weighted by Crippen LogP contribution is 2.46. The minimum atomic E-state index is -0.207. The van der Waals surface area contributed by atoms with Gasteiger partial charge in [-0.05, 0) is 30.7 Å². The van der Waals surface area contributed by atoms with E-state index in [4.69, 9.17) is 4.42 Å². The minimum Gasteiger partial charge on any atom is -0.461 e. The molecule has 4 rings (SSSR count). The van der Waals surface area contributed by atoms with E-state index in [0.29, 0.717) is 29.0 Å². The summed E-state index contributed by atoms with van der Waals surface area (Å²) in [7, 11) is 2.02. The molecule has 6 nitrogen and oxygen atoms in total. The van der Waals surface area contributed by atoms with Gasteiger partial charge in [0.15, 0.2) is 22.5 Å². The summed E-state index contributed by atoms with van der Waals surface area (Å²) in [6, 6.07) is 12.0. The molecule has 2 aromatic heterocycles. The number of carbonyl (C=O) groups is 1. The van der Waals surface area contributed by atoms with Crippen molar-refractivity contribution in [2.75, 3.05) is 17.7 Å². The molecule has 0 amide bonds. The van der Waals surface area contributed by atoms with Crippen LogP contribution in [0.5, 0.6) is 0 Å². The van der Waals surface area contributed by atoms with Crippen molar-refractivity contribution in [2.45, 2.75) is 37.9 Å². The molecule has 29 heavy (non-hydrogen) atoms. The number of allylic oxidation sites excluding steroid dienone is 2. The molecule has 0 fully saturated rings. The van der Waals surface area contributed by atoms with Gasteiger partial charge in [0.1, 0.15) is 0 Å². The van der Waals surface area contributed by atoms with Gasteiger partial charge in [-0.25, -0.2) is 0 Å². The molecule has 7 heteroatoms. The summed E-state index contributed by atoms with van der Waals surface area (Å²) in [6.07, 6.45) is 3.39. The first kappa shape index (κ1) is 19.5. The van der Waals surface area contributed by atoms with Gasteiger partial charge in [-0.2, -0.15) is 0 Å². The molecule has 3 aromatic rings. The van der Waals surface area contributed by atoms with Crippen LogP contribution in [0.3, 0.4) is 0 Å². The highest BCUT2D eigenvalue weighted by molar-refractivity contribution is 7.99. The number of ketones is 1. The molecule has 0 N–H and O–H groups in total. The van der Waals surface area contributed by atoms with Crippen molar-refractivity contribution in [3.8, 4) is 11.6 Å². The smallest absolute Gasteiger partial charge is 0.200 e. The zero-order valence-corrected chi connectivity index (χ0v) is 17.9. The number of anilines is 1.